The summed E-state index contributed by atoms with van der Waals surface area (Å²) in [5, 5.41) is 3.57. The highest BCUT2D eigenvalue weighted by Gasteiger charge is 2.36. The van der Waals surface area contributed by atoms with Crippen molar-refractivity contribution in [3.63, 3.8) is 0 Å². The predicted octanol–water partition coefficient (Wildman–Crippen LogP) is 1.83. The number of nitrogens with one attached hydrogen (secondary N) is 1. The normalized spacial score (nSPS) is 38.1. The van der Waals surface area contributed by atoms with Crippen LogP contribution in [0.2, 0.25) is 0 Å². The first-order valence-electron chi connectivity index (χ1n) is 6.75. The summed E-state index contributed by atoms with van der Waals surface area (Å²) in [6, 6.07) is 0.515. The summed E-state index contributed by atoms with van der Waals surface area (Å²) in [7, 11) is 0. The SMILES string of the molecule is CCN1CCC(CC2(C)NC(C)CO2)CC1. The van der Waals surface area contributed by atoms with Gasteiger partial charge in [0.15, 0.2) is 0 Å². The van der Waals surface area contributed by atoms with Crippen LogP contribution in [0.15, 0.2) is 0 Å². The molecule has 0 aromatic heterocycles. The Morgan fingerprint density at radius 1 is 1.38 bits per heavy atom. The van der Waals surface area contributed by atoms with Gasteiger partial charge in [-0.1, -0.05) is 6.92 Å². The molecule has 94 valence electrons. The van der Waals surface area contributed by atoms with E-state index in [1.165, 1.54) is 38.9 Å². The number of rotatable bonds is 3. The summed E-state index contributed by atoms with van der Waals surface area (Å²) in [4.78, 5) is 2.55. The van der Waals surface area contributed by atoms with Crippen molar-refractivity contribution in [2.45, 2.75) is 51.8 Å². The van der Waals surface area contributed by atoms with Crippen molar-refractivity contribution in [1.29, 1.82) is 0 Å². The van der Waals surface area contributed by atoms with Crippen molar-refractivity contribution in [2.24, 2.45) is 5.92 Å². The number of hydrogen-bond donors (Lipinski definition) is 1. The average Bonchev–Trinajstić information content (AvgIpc) is 2.59. The van der Waals surface area contributed by atoms with Crippen LogP contribution in [0.25, 0.3) is 0 Å². The highest BCUT2D eigenvalue weighted by molar-refractivity contribution is 4.86. The lowest BCUT2D eigenvalue weighted by atomic mass is 9.89. The third-order valence-corrected chi connectivity index (χ3v) is 4.04. The van der Waals surface area contributed by atoms with E-state index in [2.05, 4.69) is 31.0 Å². The van der Waals surface area contributed by atoms with E-state index in [0.29, 0.717) is 6.04 Å². The topological polar surface area (TPSA) is 24.5 Å². The fraction of sp³-hybridized carbons (Fsp3) is 1.00. The lowest BCUT2D eigenvalue weighted by Gasteiger charge is -2.35. The number of likely N-dealkylation sites (tertiary alicyclic amines) is 1. The fourth-order valence-electron chi connectivity index (χ4n) is 3.09. The molecular formula is C13H26N2O. The summed E-state index contributed by atoms with van der Waals surface area (Å²) in [5.41, 5.74) is -0.0571. The third kappa shape index (κ3) is 2.96. The zero-order chi connectivity index (χ0) is 11.6. The van der Waals surface area contributed by atoms with Crippen molar-refractivity contribution in [3.05, 3.63) is 0 Å². The minimum Gasteiger partial charge on any atom is -0.359 e. The predicted molar refractivity (Wildman–Crippen MR) is 66.4 cm³/mol. The second-order valence-electron chi connectivity index (χ2n) is 5.67. The van der Waals surface area contributed by atoms with E-state index < -0.39 is 0 Å². The van der Waals surface area contributed by atoms with Crippen molar-refractivity contribution >= 4 is 0 Å². The highest BCUT2D eigenvalue weighted by Crippen LogP contribution is 2.29. The zero-order valence-corrected chi connectivity index (χ0v) is 11.0. The number of hydrogen-bond acceptors (Lipinski definition) is 3. The molecule has 2 atom stereocenters. The highest BCUT2D eigenvalue weighted by atomic mass is 16.5. The summed E-state index contributed by atoms with van der Waals surface area (Å²) >= 11 is 0. The molecule has 0 radical (unpaired) electrons. The van der Waals surface area contributed by atoms with Gasteiger partial charge in [-0.15, -0.1) is 0 Å². The van der Waals surface area contributed by atoms with Crippen LogP contribution >= 0.6 is 0 Å². The molecule has 2 rings (SSSR count). The van der Waals surface area contributed by atoms with Crippen LogP contribution in [0, 0.1) is 5.92 Å². The molecule has 0 spiro atoms. The molecule has 0 aromatic carbocycles. The molecule has 2 fully saturated rings. The maximum atomic E-state index is 5.88. The molecule has 0 aromatic rings. The van der Waals surface area contributed by atoms with Gasteiger partial charge in [0, 0.05) is 6.04 Å². The van der Waals surface area contributed by atoms with Gasteiger partial charge in [-0.25, -0.2) is 0 Å². The second kappa shape index (κ2) is 5.03. The molecule has 2 saturated heterocycles. The lowest BCUT2D eigenvalue weighted by molar-refractivity contribution is -0.0206. The van der Waals surface area contributed by atoms with E-state index in [4.69, 9.17) is 4.74 Å². The smallest absolute Gasteiger partial charge is 0.117 e. The Morgan fingerprint density at radius 2 is 2.06 bits per heavy atom. The van der Waals surface area contributed by atoms with Gasteiger partial charge in [0.05, 0.1) is 6.61 Å². The summed E-state index contributed by atoms with van der Waals surface area (Å²) in [6.45, 7) is 11.3. The van der Waals surface area contributed by atoms with Crippen LogP contribution in [0.5, 0.6) is 0 Å². The van der Waals surface area contributed by atoms with Crippen molar-refractivity contribution in [1.82, 2.24) is 10.2 Å². The van der Waals surface area contributed by atoms with E-state index in [9.17, 15) is 0 Å². The Labute approximate surface area is 99.5 Å². The summed E-state index contributed by atoms with van der Waals surface area (Å²) in [5.74, 6) is 0.839. The van der Waals surface area contributed by atoms with Gasteiger partial charge < -0.3 is 9.64 Å². The maximum Gasteiger partial charge on any atom is 0.117 e. The van der Waals surface area contributed by atoms with Gasteiger partial charge in [0.25, 0.3) is 0 Å². The van der Waals surface area contributed by atoms with E-state index >= 15 is 0 Å². The van der Waals surface area contributed by atoms with Crippen molar-refractivity contribution in [3.8, 4) is 0 Å². The first-order chi connectivity index (χ1) is 7.61. The molecule has 1 N–H and O–H groups in total. The van der Waals surface area contributed by atoms with Crippen molar-refractivity contribution < 1.29 is 4.74 Å². The minimum atomic E-state index is -0.0571. The van der Waals surface area contributed by atoms with Gasteiger partial charge in [-0.3, -0.25) is 5.32 Å². The Bertz CT molecular complexity index is 226. The molecule has 2 aliphatic rings. The largest absolute Gasteiger partial charge is 0.359 e. The van der Waals surface area contributed by atoms with Crippen LogP contribution in [-0.4, -0.2) is 42.9 Å². The Balaban J connectivity index is 1.78. The van der Waals surface area contributed by atoms with Gasteiger partial charge in [0.2, 0.25) is 0 Å². The standard InChI is InChI=1S/C13H26N2O/c1-4-15-7-5-12(6-8-15)9-13(3)14-11(2)10-16-13/h11-12,14H,4-10H2,1-3H3. The number of nitrogens with zero attached hydrogens (tertiary/aromatic N) is 1. The maximum absolute atomic E-state index is 5.88. The molecule has 2 heterocycles. The average molecular weight is 226 g/mol. The van der Waals surface area contributed by atoms with Gasteiger partial charge in [0.1, 0.15) is 5.72 Å². The summed E-state index contributed by atoms with van der Waals surface area (Å²) in [6.07, 6.45) is 3.85. The molecular weight excluding hydrogens is 200 g/mol. The fourth-order valence-corrected chi connectivity index (χ4v) is 3.09. The third-order valence-electron chi connectivity index (χ3n) is 4.04. The van der Waals surface area contributed by atoms with Crippen LogP contribution in [0.1, 0.15) is 40.0 Å². The number of ether oxygens (including phenoxy) is 1. The molecule has 0 aliphatic carbocycles. The van der Waals surface area contributed by atoms with Crippen LogP contribution < -0.4 is 5.32 Å². The molecule has 2 unspecified atom stereocenters. The van der Waals surface area contributed by atoms with Gasteiger partial charge >= 0.3 is 0 Å². The molecule has 0 bridgehead atoms. The monoisotopic (exact) mass is 226 g/mol. The number of piperidine rings is 1. The first-order valence-corrected chi connectivity index (χ1v) is 6.75. The van der Waals surface area contributed by atoms with Crippen LogP contribution in [0.3, 0.4) is 0 Å². The molecule has 3 heteroatoms. The Kier molecular flexibility index (Phi) is 3.88. The molecule has 2 aliphatic heterocycles. The Morgan fingerprint density at radius 3 is 2.56 bits per heavy atom. The zero-order valence-electron chi connectivity index (χ0n) is 11.0. The van der Waals surface area contributed by atoms with E-state index in [1.807, 2.05) is 0 Å². The van der Waals surface area contributed by atoms with Crippen LogP contribution in [-0.2, 0) is 4.74 Å². The molecule has 0 saturated carbocycles. The molecule has 3 nitrogen and oxygen atoms in total. The van der Waals surface area contributed by atoms with E-state index in [0.717, 1.165) is 12.5 Å². The second-order valence-corrected chi connectivity index (χ2v) is 5.67. The van der Waals surface area contributed by atoms with Crippen LogP contribution in [0.4, 0.5) is 0 Å². The van der Waals surface area contributed by atoms with Gasteiger partial charge in [-0.2, -0.15) is 0 Å². The van der Waals surface area contributed by atoms with E-state index in [-0.39, 0.29) is 5.72 Å². The summed E-state index contributed by atoms with van der Waals surface area (Å²) < 4.78 is 5.88. The van der Waals surface area contributed by atoms with E-state index in [1.54, 1.807) is 0 Å². The van der Waals surface area contributed by atoms with Crippen molar-refractivity contribution in [2.75, 3.05) is 26.2 Å². The first kappa shape index (κ1) is 12.3. The lowest BCUT2D eigenvalue weighted by Crippen LogP contribution is -2.44. The molecule has 0 amide bonds. The van der Waals surface area contributed by atoms with Gasteiger partial charge in [-0.05, 0) is 58.7 Å². The molecule has 16 heavy (non-hydrogen) atoms. The quantitative estimate of drug-likeness (QED) is 0.794. The minimum absolute atomic E-state index is 0.0571. The Hall–Kier alpha value is -0.120.